The normalized spacial score (nSPS) is 19.5. The van der Waals surface area contributed by atoms with E-state index in [0.717, 1.165) is 18.8 Å². The Kier molecular flexibility index (Phi) is 3.47. The van der Waals surface area contributed by atoms with E-state index in [1.807, 2.05) is 12.1 Å². The Balaban J connectivity index is 1.77. The number of hydrogen-bond donors (Lipinski definition) is 1. The van der Waals surface area contributed by atoms with Gasteiger partial charge in [-0.25, -0.2) is 0 Å². The number of nitrogens with one attached hydrogen (secondary N) is 1. The standard InChI is InChI=1S/C13H21NO/c1-2-13(7-3-4-8-13)11-14-10-12-6-5-9-15-12/h5-6,9,14H,2-4,7-8,10-11H2,1H3. The van der Waals surface area contributed by atoms with Gasteiger partial charge in [-0.3, -0.25) is 0 Å². The molecule has 0 aromatic carbocycles. The Bertz CT molecular complexity index is 273. The van der Waals surface area contributed by atoms with E-state index in [9.17, 15) is 0 Å². The first-order valence-corrected chi connectivity index (χ1v) is 6.08. The van der Waals surface area contributed by atoms with Crippen molar-refractivity contribution in [2.24, 2.45) is 5.41 Å². The second-order valence-corrected chi connectivity index (χ2v) is 4.74. The molecular weight excluding hydrogens is 186 g/mol. The summed E-state index contributed by atoms with van der Waals surface area (Å²) in [5.41, 5.74) is 0.576. The molecule has 2 rings (SSSR count). The molecule has 84 valence electrons. The lowest BCUT2D eigenvalue weighted by Crippen LogP contribution is -2.31. The zero-order valence-corrected chi connectivity index (χ0v) is 9.59. The fraction of sp³-hybridized carbons (Fsp3) is 0.692. The minimum Gasteiger partial charge on any atom is -0.468 e. The van der Waals surface area contributed by atoms with Crippen molar-refractivity contribution in [3.63, 3.8) is 0 Å². The maximum Gasteiger partial charge on any atom is 0.117 e. The van der Waals surface area contributed by atoms with E-state index in [2.05, 4.69) is 12.2 Å². The van der Waals surface area contributed by atoms with Crippen molar-refractivity contribution in [2.75, 3.05) is 6.54 Å². The van der Waals surface area contributed by atoms with Crippen LogP contribution in [0.3, 0.4) is 0 Å². The van der Waals surface area contributed by atoms with E-state index < -0.39 is 0 Å². The van der Waals surface area contributed by atoms with Gasteiger partial charge in [0.25, 0.3) is 0 Å². The smallest absolute Gasteiger partial charge is 0.117 e. The van der Waals surface area contributed by atoms with Crippen molar-refractivity contribution in [2.45, 2.75) is 45.6 Å². The summed E-state index contributed by atoms with van der Waals surface area (Å²) in [5.74, 6) is 1.04. The van der Waals surface area contributed by atoms with Crippen LogP contribution in [0.15, 0.2) is 22.8 Å². The first-order valence-electron chi connectivity index (χ1n) is 6.08. The summed E-state index contributed by atoms with van der Waals surface area (Å²) in [7, 11) is 0. The molecule has 1 aromatic rings. The number of rotatable bonds is 5. The molecular formula is C13H21NO. The van der Waals surface area contributed by atoms with Crippen molar-refractivity contribution in [1.82, 2.24) is 5.32 Å². The molecule has 1 aromatic heterocycles. The van der Waals surface area contributed by atoms with Crippen LogP contribution in [0.25, 0.3) is 0 Å². The third-order valence-electron chi connectivity index (χ3n) is 3.79. The lowest BCUT2D eigenvalue weighted by Gasteiger charge is -2.27. The van der Waals surface area contributed by atoms with Crippen LogP contribution in [0.2, 0.25) is 0 Å². The molecule has 1 aliphatic carbocycles. The molecule has 0 radical (unpaired) electrons. The van der Waals surface area contributed by atoms with E-state index in [-0.39, 0.29) is 0 Å². The van der Waals surface area contributed by atoms with E-state index in [0.29, 0.717) is 5.41 Å². The molecule has 0 atom stereocenters. The monoisotopic (exact) mass is 207 g/mol. The quantitative estimate of drug-likeness (QED) is 0.801. The molecule has 1 aliphatic rings. The summed E-state index contributed by atoms with van der Waals surface area (Å²) in [4.78, 5) is 0. The van der Waals surface area contributed by atoms with Crippen LogP contribution < -0.4 is 5.32 Å². The van der Waals surface area contributed by atoms with Crippen LogP contribution in [0.5, 0.6) is 0 Å². The highest BCUT2D eigenvalue weighted by Gasteiger charge is 2.31. The third-order valence-corrected chi connectivity index (χ3v) is 3.79. The summed E-state index contributed by atoms with van der Waals surface area (Å²) in [6.45, 7) is 4.33. The van der Waals surface area contributed by atoms with Crippen LogP contribution in [0, 0.1) is 5.41 Å². The Morgan fingerprint density at radius 3 is 2.80 bits per heavy atom. The zero-order valence-electron chi connectivity index (χ0n) is 9.59. The molecule has 0 aliphatic heterocycles. The highest BCUT2D eigenvalue weighted by Crippen LogP contribution is 2.40. The van der Waals surface area contributed by atoms with Gasteiger partial charge >= 0.3 is 0 Å². The van der Waals surface area contributed by atoms with Gasteiger partial charge < -0.3 is 9.73 Å². The van der Waals surface area contributed by atoms with Crippen molar-refractivity contribution in [3.8, 4) is 0 Å². The van der Waals surface area contributed by atoms with E-state index in [1.54, 1.807) is 6.26 Å². The van der Waals surface area contributed by atoms with Gasteiger partial charge in [-0.1, -0.05) is 19.8 Å². The maximum absolute atomic E-state index is 5.30. The lowest BCUT2D eigenvalue weighted by molar-refractivity contribution is 0.264. The Labute approximate surface area is 92.1 Å². The highest BCUT2D eigenvalue weighted by atomic mass is 16.3. The van der Waals surface area contributed by atoms with Crippen LogP contribution in [0.1, 0.15) is 44.8 Å². The molecule has 15 heavy (non-hydrogen) atoms. The fourth-order valence-corrected chi connectivity index (χ4v) is 2.64. The Morgan fingerprint density at radius 1 is 1.40 bits per heavy atom. The molecule has 1 N–H and O–H groups in total. The van der Waals surface area contributed by atoms with Gasteiger partial charge in [0.1, 0.15) is 5.76 Å². The molecule has 2 heteroatoms. The molecule has 1 fully saturated rings. The van der Waals surface area contributed by atoms with Crippen LogP contribution in [-0.2, 0) is 6.54 Å². The van der Waals surface area contributed by atoms with Gasteiger partial charge in [-0.2, -0.15) is 0 Å². The first-order chi connectivity index (χ1) is 7.35. The summed E-state index contributed by atoms with van der Waals surface area (Å²) in [6, 6.07) is 3.97. The maximum atomic E-state index is 5.30. The second kappa shape index (κ2) is 4.84. The predicted octanol–water partition coefficient (Wildman–Crippen LogP) is 3.34. The van der Waals surface area contributed by atoms with Gasteiger partial charge in [-0.15, -0.1) is 0 Å². The van der Waals surface area contributed by atoms with Crippen molar-refractivity contribution in [3.05, 3.63) is 24.2 Å². The zero-order chi connectivity index (χ0) is 10.6. The molecule has 0 unspecified atom stereocenters. The van der Waals surface area contributed by atoms with Crippen LogP contribution >= 0.6 is 0 Å². The van der Waals surface area contributed by atoms with Crippen LogP contribution in [0.4, 0.5) is 0 Å². The molecule has 1 saturated carbocycles. The predicted molar refractivity (Wildman–Crippen MR) is 61.6 cm³/mol. The van der Waals surface area contributed by atoms with E-state index in [4.69, 9.17) is 4.42 Å². The molecule has 0 amide bonds. The third kappa shape index (κ3) is 2.63. The number of furan rings is 1. The molecule has 0 saturated heterocycles. The van der Waals surface area contributed by atoms with E-state index >= 15 is 0 Å². The summed E-state index contributed by atoms with van der Waals surface area (Å²) in [6.07, 6.45) is 8.66. The fourth-order valence-electron chi connectivity index (χ4n) is 2.64. The average molecular weight is 207 g/mol. The van der Waals surface area contributed by atoms with E-state index in [1.165, 1.54) is 32.1 Å². The summed E-state index contributed by atoms with van der Waals surface area (Å²) < 4.78 is 5.30. The molecule has 0 bridgehead atoms. The topological polar surface area (TPSA) is 25.2 Å². The average Bonchev–Trinajstić information content (AvgIpc) is 2.89. The summed E-state index contributed by atoms with van der Waals surface area (Å²) in [5, 5.41) is 3.53. The second-order valence-electron chi connectivity index (χ2n) is 4.74. The van der Waals surface area contributed by atoms with Gasteiger partial charge in [0.15, 0.2) is 0 Å². The molecule has 2 nitrogen and oxygen atoms in total. The largest absolute Gasteiger partial charge is 0.468 e. The van der Waals surface area contributed by atoms with Gasteiger partial charge in [0.05, 0.1) is 12.8 Å². The first kappa shape index (κ1) is 10.7. The molecule has 0 spiro atoms. The van der Waals surface area contributed by atoms with Gasteiger partial charge in [0, 0.05) is 6.54 Å². The van der Waals surface area contributed by atoms with Crippen molar-refractivity contribution in [1.29, 1.82) is 0 Å². The SMILES string of the molecule is CCC1(CNCc2ccco2)CCCC1. The van der Waals surface area contributed by atoms with Crippen molar-refractivity contribution >= 4 is 0 Å². The Hall–Kier alpha value is -0.760. The van der Waals surface area contributed by atoms with Gasteiger partial charge in [-0.05, 0) is 36.8 Å². The van der Waals surface area contributed by atoms with Gasteiger partial charge in [0.2, 0.25) is 0 Å². The summed E-state index contributed by atoms with van der Waals surface area (Å²) >= 11 is 0. The molecule has 1 heterocycles. The lowest BCUT2D eigenvalue weighted by atomic mass is 9.83. The van der Waals surface area contributed by atoms with Crippen LogP contribution in [-0.4, -0.2) is 6.54 Å². The number of hydrogen-bond acceptors (Lipinski definition) is 2. The minimum atomic E-state index is 0.576. The minimum absolute atomic E-state index is 0.576. The van der Waals surface area contributed by atoms with Crippen molar-refractivity contribution < 1.29 is 4.42 Å². The highest BCUT2D eigenvalue weighted by molar-refractivity contribution is 4.98. The Morgan fingerprint density at radius 2 is 2.20 bits per heavy atom.